The quantitative estimate of drug-likeness (QED) is 0.726. The number of hydrogen-bond donors (Lipinski definition) is 2. The van der Waals surface area contributed by atoms with Crippen LogP contribution in [-0.2, 0) is 23.1 Å². The van der Waals surface area contributed by atoms with E-state index in [1.54, 1.807) is 48.6 Å². The summed E-state index contributed by atoms with van der Waals surface area (Å²) < 4.78 is 26.8. The van der Waals surface area contributed by atoms with Gasteiger partial charge in [-0.05, 0) is 54.7 Å². The molecule has 1 aliphatic heterocycles. The third-order valence-electron chi connectivity index (χ3n) is 5.25. The highest BCUT2D eigenvalue weighted by atomic mass is 32.2. The first kappa shape index (κ1) is 22.2. The molecule has 2 heterocycles. The molecule has 0 radical (unpaired) electrons. The van der Waals surface area contributed by atoms with Crippen LogP contribution in [-0.4, -0.2) is 60.0 Å². The van der Waals surface area contributed by atoms with Gasteiger partial charge in [0.2, 0.25) is 10.0 Å². The molecule has 2 N–H and O–H groups in total. The van der Waals surface area contributed by atoms with Crippen LogP contribution in [0.4, 0.5) is 4.79 Å². The number of aliphatic hydroxyl groups excluding tert-OH is 1. The van der Waals surface area contributed by atoms with Gasteiger partial charge in [0.1, 0.15) is 0 Å². The summed E-state index contributed by atoms with van der Waals surface area (Å²) in [5.41, 5.74) is 2.85. The Morgan fingerprint density at radius 1 is 1.30 bits per heavy atom. The van der Waals surface area contributed by atoms with Crippen molar-refractivity contribution < 1.29 is 18.3 Å². The summed E-state index contributed by atoms with van der Waals surface area (Å²) in [5, 5.41) is 12.6. The molecule has 30 heavy (non-hydrogen) atoms. The molecule has 0 spiro atoms. The number of aryl methyl sites for hydroxylation is 1. The number of hydrogen-bond acceptors (Lipinski definition) is 5. The summed E-state index contributed by atoms with van der Waals surface area (Å²) in [7, 11) is -1.90. The Morgan fingerprint density at radius 3 is 2.70 bits per heavy atom. The van der Waals surface area contributed by atoms with Gasteiger partial charge in [-0.3, -0.25) is 4.98 Å². The van der Waals surface area contributed by atoms with Crippen molar-refractivity contribution in [3.8, 4) is 0 Å². The normalized spacial score (nSPS) is 17.5. The monoisotopic (exact) mass is 432 g/mol. The van der Waals surface area contributed by atoms with Crippen LogP contribution in [0.15, 0.2) is 47.6 Å². The maximum Gasteiger partial charge on any atom is 0.317 e. The Labute approximate surface area is 177 Å². The van der Waals surface area contributed by atoms with Crippen LogP contribution in [0.1, 0.15) is 29.5 Å². The van der Waals surface area contributed by atoms with Gasteiger partial charge < -0.3 is 15.3 Å². The molecule has 2 aromatic rings. The number of carbonyl (C=O) groups excluding carboxylic acids is 1. The number of nitrogens with one attached hydrogen (secondary N) is 1. The zero-order valence-corrected chi connectivity index (χ0v) is 18.1. The number of benzene rings is 1. The van der Waals surface area contributed by atoms with Gasteiger partial charge in [0.25, 0.3) is 0 Å². The molecule has 1 atom stereocenters. The minimum Gasteiger partial charge on any atom is -0.392 e. The van der Waals surface area contributed by atoms with Crippen molar-refractivity contribution >= 4 is 16.1 Å². The van der Waals surface area contributed by atoms with E-state index in [0.717, 1.165) is 16.7 Å². The van der Waals surface area contributed by atoms with Crippen LogP contribution in [0.5, 0.6) is 0 Å². The predicted octanol–water partition coefficient (Wildman–Crippen LogP) is 1.88. The van der Waals surface area contributed by atoms with Gasteiger partial charge in [0.05, 0.1) is 11.0 Å². The molecule has 1 saturated heterocycles. The largest absolute Gasteiger partial charge is 0.392 e. The van der Waals surface area contributed by atoms with Crippen molar-refractivity contribution in [3.63, 3.8) is 0 Å². The van der Waals surface area contributed by atoms with E-state index in [4.69, 9.17) is 0 Å². The zero-order valence-electron chi connectivity index (χ0n) is 17.3. The highest BCUT2D eigenvalue weighted by molar-refractivity contribution is 7.89. The van der Waals surface area contributed by atoms with Crippen LogP contribution in [0.2, 0.25) is 0 Å². The fourth-order valence-corrected chi connectivity index (χ4v) is 4.90. The average molecular weight is 433 g/mol. The van der Waals surface area contributed by atoms with Crippen LogP contribution in [0.25, 0.3) is 0 Å². The molecule has 0 saturated carbocycles. The zero-order chi connectivity index (χ0) is 21.7. The second-order valence-electron chi connectivity index (χ2n) is 7.62. The number of carbonyl (C=O) groups is 1. The van der Waals surface area contributed by atoms with Crippen molar-refractivity contribution in [2.75, 3.05) is 20.1 Å². The molecular formula is C21H28N4O4S. The van der Waals surface area contributed by atoms with E-state index < -0.39 is 16.1 Å². The lowest BCUT2D eigenvalue weighted by molar-refractivity contribution is 0.108. The molecule has 1 aromatic carbocycles. The summed E-state index contributed by atoms with van der Waals surface area (Å²) >= 11 is 0. The Hall–Kier alpha value is -2.49. The smallest absolute Gasteiger partial charge is 0.317 e. The van der Waals surface area contributed by atoms with Crippen LogP contribution >= 0.6 is 0 Å². The molecular weight excluding hydrogens is 404 g/mol. The molecule has 162 valence electrons. The number of pyridine rings is 1. The maximum atomic E-state index is 12.7. The maximum absolute atomic E-state index is 12.7. The molecule has 8 nitrogen and oxygen atoms in total. The van der Waals surface area contributed by atoms with Crippen molar-refractivity contribution in [1.82, 2.24) is 19.5 Å². The molecule has 0 bridgehead atoms. The average Bonchev–Trinajstić information content (AvgIpc) is 2.74. The number of aliphatic hydroxyl groups is 1. The summed E-state index contributed by atoms with van der Waals surface area (Å²) in [6.07, 6.45) is 4.13. The Balaban J connectivity index is 1.56. The first-order valence-corrected chi connectivity index (χ1v) is 11.4. The number of urea groups is 1. The molecule has 3 rings (SSSR count). The fraction of sp³-hybridized carbons (Fsp3) is 0.429. The minimum atomic E-state index is -3.62. The number of rotatable bonds is 6. The Morgan fingerprint density at radius 2 is 2.03 bits per heavy atom. The molecule has 1 aromatic heterocycles. The van der Waals surface area contributed by atoms with Gasteiger partial charge in [-0.25, -0.2) is 13.2 Å². The van der Waals surface area contributed by atoms with Gasteiger partial charge >= 0.3 is 6.03 Å². The summed E-state index contributed by atoms with van der Waals surface area (Å²) in [6.45, 7) is 3.26. The molecule has 1 aliphatic rings. The van der Waals surface area contributed by atoms with Crippen molar-refractivity contribution in [2.45, 2.75) is 43.9 Å². The summed E-state index contributed by atoms with van der Waals surface area (Å²) in [5.74, 6) is 0. The van der Waals surface area contributed by atoms with Gasteiger partial charge in [0.15, 0.2) is 0 Å². The highest BCUT2D eigenvalue weighted by Gasteiger charge is 2.29. The molecule has 0 aliphatic carbocycles. The second kappa shape index (κ2) is 9.55. The first-order chi connectivity index (χ1) is 14.3. The van der Waals surface area contributed by atoms with Gasteiger partial charge in [-0.1, -0.05) is 12.1 Å². The van der Waals surface area contributed by atoms with E-state index >= 15 is 0 Å². The van der Waals surface area contributed by atoms with Crippen molar-refractivity contribution in [3.05, 3.63) is 59.4 Å². The summed E-state index contributed by atoms with van der Waals surface area (Å²) in [6, 6.07) is 8.15. The van der Waals surface area contributed by atoms with Crippen LogP contribution in [0, 0.1) is 6.92 Å². The second-order valence-corrected chi connectivity index (χ2v) is 9.56. The lowest BCUT2D eigenvalue weighted by atomic mass is 10.1. The standard InChI is InChI=1S/C21H28N4O4S/c1-16-12-22-10-9-18(16)14-24(2)21(27)23-13-17-5-7-20(8-6-17)30(28,29)25-11-3-4-19(26)15-25/h5-10,12,19,26H,3-4,11,13-15H2,1-2H3,(H,23,27)/t19-/m1/s1. The fourth-order valence-electron chi connectivity index (χ4n) is 3.39. The number of β-amino-alcohol motifs (C(OH)–C–C–N with tert-alkyl or cyclic N) is 1. The van der Waals surface area contributed by atoms with E-state index in [9.17, 15) is 18.3 Å². The van der Waals surface area contributed by atoms with Crippen molar-refractivity contribution in [1.29, 1.82) is 0 Å². The SMILES string of the molecule is Cc1cnccc1CN(C)C(=O)NCc1ccc(S(=O)(=O)N2CCC[C@@H](O)C2)cc1. The number of aromatic nitrogens is 1. The van der Waals surface area contributed by atoms with Gasteiger partial charge in [-0.15, -0.1) is 0 Å². The van der Waals surface area contributed by atoms with E-state index in [0.29, 0.717) is 32.5 Å². The molecule has 0 unspecified atom stereocenters. The minimum absolute atomic E-state index is 0.128. The molecule has 2 amide bonds. The number of piperidine rings is 1. The van der Waals surface area contributed by atoms with E-state index in [1.165, 1.54) is 4.31 Å². The third-order valence-corrected chi connectivity index (χ3v) is 7.13. The highest BCUT2D eigenvalue weighted by Crippen LogP contribution is 2.21. The molecule has 9 heteroatoms. The van der Waals surface area contributed by atoms with Crippen LogP contribution < -0.4 is 5.32 Å². The lowest BCUT2D eigenvalue weighted by Gasteiger charge is -2.29. The van der Waals surface area contributed by atoms with E-state index in [2.05, 4.69) is 10.3 Å². The van der Waals surface area contributed by atoms with E-state index in [1.807, 2.05) is 13.0 Å². The third kappa shape index (κ3) is 5.35. The topological polar surface area (TPSA) is 103 Å². The number of nitrogens with zero attached hydrogens (tertiary/aromatic N) is 3. The van der Waals surface area contributed by atoms with Crippen LogP contribution in [0.3, 0.4) is 0 Å². The first-order valence-electron chi connectivity index (χ1n) is 9.93. The number of amides is 2. The van der Waals surface area contributed by atoms with Gasteiger partial charge in [-0.2, -0.15) is 4.31 Å². The Kier molecular flexibility index (Phi) is 7.06. The molecule has 1 fully saturated rings. The van der Waals surface area contributed by atoms with Gasteiger partial charge in [0, 0.05) is 45.6 Å². The van der Waals surface area contributed by atoms with Crippen molar-refractivity contribution in [2.24, 2.45) is 0 Å². The van der Waals surface area contributed by atoms with E-state index in [-0.39, 0.29) is 17.5 Å². The Bertz CT molecular complexity index is 979. The summed E-state index contributed by atoms with van der Waals surface area (Å²) in [4.78, 5) is 18.2. The number of sulfonamides is 1. The predicted molar refractivity (Wildman–Crippen MR) is 113 cm³/mol. The lowest BCUT2D eigenvalue weighted by Crippen LogP contribution is -2.42.